The van der Waals surface area contributed by atoms with E-state index in [9.17, 15) is 0 Å². The van der Waals surface area contributed by atoms with Crippen molar-refractivity contribution in [1.82, 2.24) is 0 Å². The van der Waals surface area contributed by atoms with Gasteiger partial charge in [-0.25, -0.2) is 0 Å². The Labute approximate surface area is 148 Å². The molecule has 3 N–H and O–H groups in total. The summed E-state index contributed by atoms with van der Waals surface area (Å²) in [6, 6.07) is 5.45. The van der Waals surface area contributed by atoms with E-state index in [1.807, 2.05) is 18.2 Å². The number of methoxy groups -OCH3 is 2. The molecule has 1 aromatic rings. The molecule has 1 saturated heterocycles. The van der Waals surface area contributed by atoms with Crippen LogP contribution in [0, 0.1) is 0 Å². The predicted octanol–water partition coefficient (Wildman–Crippen LogP) is 2.51. The smallest absolute Gasteiger partial charge is 0.193 e. The van der Waals surface area contributed by atoms with Gasteiger partial charge in [-0.1, -0.05) is 6.42 Å². The van der Waals surface area contributed by atoms with Gasteiger partial charge < -0.3 is 30.0 Å². The number of hydrogen-bond acceptors (Lipinski definition) is 5. The van der Waals surface area contributed by atoms with Crippen LogP contribution in [0.15, 0.2) is 23.2 Å². The van der Waals surface area contributed by atoms with Crippen molar-refractivity contribution in [3.8, 4) is 11.5 Å². The highest BCUT2D eigenvalue weighted by atomic mass is 16.7. The van der Waals surface area contributed by atoms with Crippen LogP contribution in [0.2, 0.25) is 0 Å². The molecule has 0 radical (unpaired) electrons. The number of hydrogen-bond donors (Lipinski definition) is 2. The first-order chi connectivity index (χ1) is 12.1. The number of aliphatic imine (C=N–C) groups is 1. The van der Waals surface area contributed by atoms with Gasteiger partial charge in [0.15, 0.2) is 11.7 Å². The molecule has 3 rings (SSSR count). The summed E-state index contributed by atoms with van der Waals surface area (Å²) in [4.78, 5) is 4.39. The molecule has 1 spiro atoms. The van der Waals surface area contributed by atoms with Gasteiger partial charge in [0.1, 0.15) is 17.6 Å². The zero-order chi connectivity index (χ0) is 17.7. The minimum Gasteiger partial charge on any atom is -0.497 e. The third-order valence-electron chi connectivity index (χ3n) is 4.66. The zero-order valence-electron chi connectivity index (χ0n) is 14.9. The number of ether oxygens (including phenoxy) is 4. The summed E-state index contributed by atoms with van der Waals surface area (Å²) >= 11 is 0. The first-order valence-electron chi connectivity index (χ1n) is 8.75. The Kier molecular flexibility index (Phi) is 5.65. The second kappa shape index (κ2) is 7.93. The predicted molar refractivity (Wildman–Crippen MR) is 96.3 cm³/mol. The molecule has 2 aliphatic rings. The quantitative estimate of drug-likeness (QED) is 0.627. The minimum absolute atomic E-state index is 0.0503. The lowest BCUT2D eigenvalue weighted by molar-refractivity contribution is -0.186. The molecule has 7 heteroatoms. The summed E-state index contributed by atoms with van der Waals surface area (Å²) in [6.45, 7) is 1.03. The Balaban J connectivity index is 1.57. The number of nitrogens with zero attached hydrogens (tertiary/aromatic N) is 1. The molecule has 1 aliphatic carbocycles. The van der Waals surface area contributed by atoms with Crippen LogP contribution in [0.25, 0.3) is 0 Å². The molecular weight excluding hydrogens is 322 g/mol. The average molecular weight is 349 g/mol. The minimum atomic E-state index is -0.378. The number of rotatable bonds is 5. The van der Waals surface area contributed by atoms with Crippen LogP contribution in [0.4, 0.5) is 5.69 Å². The maximum atomic E-state index is 6.11. The van der Waals surface area contributed by atoms with Crippen molar-refractivity contribution < 1.29 is 18.9 Å². The molecule has 1 unspecified atom stereocenters. The van der Waals surface area contributed by atoms with Crippen LogP contribution in [0.5, 0.6) is 11.5 Å². The van der Waals surface area contributed by atoms with Crippen molar-refractivity contribution >= 4 is 11.6 Å². The van der Waals surface area contributed by atoms with Crippen LogP contribution in [-0.4, -0.2) is 45.2 Å². The molecule has 1 saturated carbocycles. The lowest BCUT2D eigenvalue weighted by atomic mass is 9.94. The molecule has 1 heterocycles. The number of nitrogens with two attached hydrogens (primary N) is 1. The van der Waals surface area contributed by atoms with Crippen LogP contribution >= 0.6 is 0 Å². The summed E-state index contributed by atoms with van der Waals surface area (Å²) in [5.41, 5.74) is 6.72. The fourth-order valence-corrected chi connectivity index (χ4v) is 3.35. The van der Waals surface area contributed by atoms with Crippen LogP contribution in [0.3, 0.4) is 0 Å². The monoisotopic (exact) mass is 349 g/mol. The highest BCUT2D eigenvalue weighted by Crippen LogP contribution is 2.37. The van der Waals surface area contributed by atoms with E-state index in [0.717, 1.165) is 25.7 Å². The molecule has 1 aromatic carbocycles. The Hall–Kier alpha value is -1.99. The van der Waals surface area contributed by atoms with Gasteiger partial charge in [0.25, 0.3) is 0 Å². The van der Waals surface area contributed by atoms with Crippen molar-refractivity contribution in [3.05, 3.63) is 18.2 Å². The molecule has 1 aliphatic heterocycles. The SMILES string of the molecule is COc1ccc(OC)c(NC(N)=NCC2COC3(CCCCC3)O2)c1. The zero-order valence-corrected chi connectivity index (χ0v) is 14.9. The molecule has 2 fully saturated rings. The van der Waals surface area contributed by atoms with Crippen molar-refractivity contribution in [2.75, 3.05) is 32.7 Å². The van der Waals surface area contributed by atoms with Gasteiger partial charge in [-0.05, 0) is 25.0 Å². The van der Waals surface area contributed by atoms with Gasteiger partial charge in [0, 0.05) is 18.9 Å². The van der Waals surface area contributed by atoms with E-state index in [0.29, 0.717) is 36.3 Å². The van der Waals surface area contributed by atoms with Gasteiger partial charge in [-0.3, -0.25) is 4.99 Å². The van der Waals surface area contributed by atoms with E-state index >= 15 is 0 Å². The number of benzene rings is 1. The fraction of sp³-hybridized carbons (Fsp3) is 0.611. The third kappa shape index (κ3) is 4.35. The second-order valence-electron chi connectivity index (χ2n) is 6.44. The number of guanidine groups is 1. The molecule has 1 atom stereocenters. The van der Waals surface area contributed by atoms with E-state index in [1.165, 1.54) is 6.42 Å². The van der Waals surface area contributed by atoms with Gasteiger partial charge in [0.2, 0.25) is 0 Å². The van der Waals surface area contributed by atoms with Gasteiger partial charge >= 0.3 is 0 Å². The Bertz CT molecular complexity index is 614. The largest absolute Gasteiger partial charge is 0.497 e. The lowest BCUT2D eigenvalue weighted by Gasteiger charge is -2.31. The summed E-state index contributed by atoms with van der Waals surface area (Å²) in [5, 5.41) is 3.06. The average Bonchev–Trinajstić information content (AvgIpc) is 3.03. The highest BCUT2D eigenvalue weighted by Gasteiger charge is 2.42. The van der Waals surface area contributed by atoms with Crippen molar-refractivity contribution in [2.45, 2.75) is 44.0 Å². The second-order valence-corrected chi connectivity index (χ2v) is 6.44. The standard InChI is InChI=1S/C18H27N3O4/c1-22-13-6-7-16(23-2)15(10-13)21-17(19)20-11-14-12-24-18(25-14)8-4-3-5-9-18/h6-7,10,14H,3-5,8-9,11-12H2,1-2H3,(H3,19,20,21). The lowest BCUT2D eigenvalue weighted by Crippen LogP contribution is -2.34. The van der Waals surface area contributed by atoms with E-state index in [1.54, 1.807) is 14.2 Å². The van der Waals surface area contributed by atoms with Crippen molar-refractivity contribution in [1.29, 1.82) is 0 Å². The Morgan fingerprint density at radius 3 is 2.80 bits per heavy atom. The first kappa shape index (κ1) is 17.8. The molecule has 0 aromatic heterocycles. The van der Waals surface area contributed by atoms with Gasteiger partial charge in [0.05, 0.1) is 33.1 Å². The van der Waals surface area contributed by atoms with E-state index in [-0.39, 0.29) is 11.9 Å². The van der Waals surface area contributed by atoms with Gasteiger partial charge in [-0.15, -0.1) is 0 Å². The highest BCUT2D eigenvalue weighted by molar-refractivity contribution is 5.94. The van der Waals surface area contributed by atoms with E-state index < -0.39 is 0 Å². The topological polar surface area (TPSA) is 87.3 Å². The summed E-state index contributed by atoms with van der Waals surface area (Å²) < 4.78 is 22.6. The molecular formula is C18H27N3O4. The fourth-order valence-electron chi connectivity index (χ4n) is 3.35. The van der Waals surface area contributed by atoms with E-state index in [2.05, 4.69) is 10.3 Å². The normalized spacial score (nSPS) is 22.8. The maximum Gasteiger partial charge on any atom is 0.193 e. The van der Waals surface area contributed by atoms with Crippen molar-refractivity contribution in [3.63, 3.8) is 0 Å². The molecule has 25 heavy (non-hydrogen) atoms. The molecule has 7 nitrogen and oxygen atoms in total. The Morgan fingerprint density at radius 2 is 2.08 bits per heavy atom. The summed E-state index contributed by atoms with van der Waals surface area (Å²) in [6.07, 6.45) is 5.48. The van der Waals surface area contributed by atoms with Crippen LogP contribution in [-0.2, 0) is 9.47 Å². The molecule has 0 amide bonds. The summed E-state index contributed by atoms with van der Waals surface area (Å²) in [5.74, 6) is 1.31. The molecule has 0 bridgehead atoms. The number of nitrogens with one attached hydrogen (secondary N) is 1. The Morgan fingerprint density at radius 1 is 1.28 bits per heavy atom. The summed E-state index contributed by atoms with van der Waals surface area (Å²) in [7, 11) is 3.22. The van der Waals surface area contributed by atoms with E-state index in [4.69, 9.17) is 24.7 Å². The maximum absolute atomic E-state index is 6.11. The number of anilines is 1. The van der Waals surface area contributed by atoms with Crippen LogP contribution < -0.4 is 20.5 Å². The first-order valence-corrected chi connectivity index (χ1v) is 8.75. The third-order valence-corrected chi connectivity index (χ3v) is 4.66. The van der Waals surface area contributed by atoms with Gasteiger partial charge in [-0.2, -0.15) is 0 Å². The van der Waals surface area contributed by atoms with Crippen LogP contribution in [0.1, 0.15) is 32.1 Å². The van der Waals surface area contributed by atoms with Crippen molar-refractivity contribution in [2.24, 2.45) is 10.7 Å². The molecule has 138 valence electrons.